The van der Waals surface area contributed by atoms with E-state index < -0.39 is 17.1 Å². The van der Waals surface area contributed by atoms with Crippen LogP contribution in [0.15, 0.2) is 91.0 Å². The molecule has 0 spiro atoms. The Hall–Kier alpha value is -3.89. The lowest BCUT2D eigenvalue weighted by atomic mass is 10.2. The van der Waals surface area contributed by atoms with Crippen LogP contribution in [0.25, 0.3) is 0 Å². The lowest BCUT2D eigenvalue weighted by Gasteiger charge is -2.28. The quantitative estimate of drug-likeness (QED) is 0.185. The van der Waals surface area contributed by atoms with Gasteiger partial charge in [-0.3, -0.25) is 20.2 Å². The molecule has 0 aromatic heterocycles. The molecule has 4 aromatic rings. The van der Waals surface area contributed by atoms with Crippen LogP contribution in [0, 0.1) is 41.0 Å². The third-order valence-electron chi connectivity index (χ3n) is 6.23. The van der Waals surface area contributed by atoms with Gasteiger partial charge < -0.3 is 0 Å². The number of hydrogen-bond acceptors (Lipinski definition) is 4. The Morgan fingerprint density at radius 1 is 0.571 bits per heavy atom. The summed E-state index contributed by atoms with van der Waals surface area (Å²) in [5.41, 5.74) is 3.41. The fourth-order valence-corrected chi connectivity index (χ4v) is 8.50. The largest absolute Gasteiger partial charge is 0.276 e. The van der Waals surface area contributed by atoms with Gasteiger partial charge in [-0.2, -0.15) is 0 Å². The van der Waals surface area contributed by atoms with E-state index in [1.54, 1.807) is 0 Å². The van der Waals surface area contributed by atoms with Gasteiger partial charge in [0, 0.05) is 17.7 Å². The highest BCUT2D eigenvalue weighted by atomic mass is 31.2. The number of nitro groups is 2. The Labute approximate surface area is 204 Å². The van der Waals surface area contributed by atoms with E-state index in [1.807, 2.05) is 20.8 Å². The standard InChI is InChI=1S/C28H26N2O4P/c1-20-4-10-26(11-5-20)35(27-12-6-21(2)7-13-27,28-14-8-22(3)9-15-28)19-23-16-24(29(31)32)18-25(17-23)30(33)34/h4-18H,19H2,1-3H3/q+1. The normalized spacial score (nSPS) is 11.3. The predicted molar refractivity (Wildman–Crippen MR) is 143 cm³/mol. The number of hydrogen-bond donors (Lipinski definition) is 0. The van der Waals surface area contributed by atoms with E-state index in [2.05, 4.69) is 72.8 Å². The van der Waals surface area contributed by atoms with Crippen LogP contribution in [-0.2, 0) is 6.16 Å². The third-order valence-corrected chi connectivity index (χ3v) is 10.6. The molecule has 0 radical (unpaired) electrons. The highest BCUT2D eigenvalue weighted by Gasteiger charge is 2.46. The van der Waals surface area contributed by atoms with E-state index in [1.165, 1.54) is 12.1 Å². The van der Waals surface area contributed by atoms with E-state index in [0.29, 0.717) is 11.7 Å². The van der Waals surface area contributed by atoms with Crippen LogP contribution in [0.1, 0.15) is 22.3 Å². The van der Waals surface area contributed by atoms with Gasteiger partial charge in [0.2, 0.25) is 0 Å². The van der Waals surface area contributed by atoms with Crippen molar-refractivity contribution in [3.63, 3.8) is 0 Å². The zero-order chi connectivity index (χ0) is 25.2. The highest BCUT2D eigenvalue weighted by Crippen LogP contribution is 2.58. The second-order valence-electron chi connectivity index (χ2n) is 8.85. The molecule has 0 aliphatic rings. The van der Waals surface area contributed by atoms with Crippen LogP contribution < -0.4 is 15.9 Å². The Morgan fingerprint density at radius 3 is 1.17 bits per heavy atom. The molecule has 0 aliphatic heterocycles. The zero-order valence-electron chi connectivity index (χ0n) is 19.8. The minimum absolute atomic E-state index is 0.274. The van der Waals surface area contributed by atoms with E-state index in [9.17, 15) is 20.2 Å². The first-order valence-corrected chi connectivity index (χ1v) is 13.2. The van der Waals surface area contributed by atoms with Crippen molar-refractivity contribution in [1.82, 2.24) is 0 Å². The molecule has 0 saturated heterocycles. The molecule has 4 aromatic carbocycles. The molecule has 0 atom stereocenters. The van der Waals surface area contributed by atoms with E-state index in [-0.39, 0.29) is 11.4 Å². The molecule has 0 N–H and O–H groups in total. The Morgan fingerprint density at radius 2 is 0.886 bits per heavy atom. The van der Waals surface area contributed by atoms with Crippen molar-refractivity contribution in [2.45, 2.75) is 26.9 Å². The molecule has 6 nitrogen and oxygen atoms in total. The van der Waals surface area contributed by atoms with Gasteiger partial charge in [0.1, 0.15) is 23.2 Å². The van der Waals surface area contributed by atoms with E-state index >= 15 is 0 Å². The van der Waals surface area contributed by atoms with Crippen molar-refractivity contribution in [2.24, 2.45) is 0 Å². The van der Waals surface area contributed by atoms with Crippen molar-refractivity contribution < 1.29 is 9.85 Å². The number of non-ortho nitro benzene ring substituents is 2. The Kier molecular flexibility index (Phi) is 6.77. The average molecular weight is 486 g/mol. The summed E-state index contributed by atoms with van der Waals surface area (Å²) in [4.78, 5) is 22.1. The van der Waals surface area contributed by atoms with Gasteiger partial charge >= 0.3 is 0 Å². The molecule has 4 rings (SSSR count). The van der Waals surface area contributed by atoms with Crippen LogP contribution in [-0.4, -0.2) is 9.85 Å². The van der Waals surface area contributed by atoms with E-state index in [4.69, 9.17) is 0 Å². The molecule has 35 heavy (non-hydrogen) atoms. The molecule has 176 valence electrons. The van der Waals surface area contributed by atoms with Gasteiger partial charge in [-0.05, 0) is 57.2 Å². The molecule has 0 aliphatic carbocycles. The van der Waals surface area contributed by atoms with Gasteiger partial charge in [-0.1, -0.05) is 53.1 Å². The number of rotatable bonds is 7. The maximum atomic E-state index is 11.6. The number of aryl methyl sites for hydroxylation is 3. The maximum Gasteiger partial charge on any atom is 0.276 e. The predicted octanol–water partition coefficient (Wildman–Crippen LogP) is 5.92. The molecular formula is C28H26N2O4P+. The fraction of sp³-hybridized carbons (Fsp3) is 0.143. The summed E-state index contributed by atoms with van der Waals surface area (Å²) in [5.74, 6) is 0. The first-order valence-electron chi connectivity index (χ1n) is 11.2. The molecule has 7 heteroatoms. The number of nitrogens with zero attached hydrogens (tertiary/aromatic N) is 2. The summed E-state index contributed by atoms with van der Waals surface area (Å²) in [7, 11) is -2.38. The van der Waals surface area contributed by atoms with Crippen LogP contribution in [0.5, 0.6) is 0 Å². The summed E-state index contributed by atoms with van der Waals surface area (Å²) < 4.78 is 0. The van der Waals surface area contributed by atoms with Crippen molar-refractivity contribution in [1.29, 1.82) is 0 Å². The summed E-state index contributed by atoms with van der Waals surface area (Å²) in [6, 6.07) is 29.1. The fourth-order valence-electron chi connectivity index (χ4n) is 4.35. The van der Waals surface area contributed by atoms with Crippen molar-refractivity contribution in [3.8, 4) is 0 Å². The van der Waals surface area contributed by atoms with Crippen LogP contribution in [0.3, 0.4) is 0 Å². The molecule has 0 saturated carbocycles. The molecule has 0 bridgehead atoms. The summed E-state index contributed by atoms with van der Waals surface area (Å²) in [5, 5.41) is 26.6. The first-order chi connectivity index (χ1) is 16.7. The second-order valence-corrected chi connectivity index (χ2v) is 12.3. The monoisotopic (exact) mass is 485 g/mol. The van der Waals surface area contributed by atoms with E-state index in [0.717, 1.165) is 38.7 Å². The Balaban J connectivity index is 2.04. The Bertz CT molecular complexity index is 1240. The van der Waals surface area contributed by atoms with Gasteiger partial charge in [0.05, 0.1) is 22.1 Å². The van der Waals surface area contributed by atoms with Crippen molar-refractivity contribution in [3.05, 3.63) is 133 Å². The summed E-state index contributed by atoms with van der Waals surface area (Å²) in [6.07, 6.45) is 0.421. The lowest BCUT2D eigenvalue weighted by molar-refractivity contribution is -0.394. The van der Waals surface area contributed by atoms with Crippen LogP contribution >= 0.6 is 7.26 Å². The summed E-state index contributed by atoms with van der Waals surface area (Å²) >= 11 is 0. The maximum absolute atomic E-state index is 11.6. The molecule has 0 amide bonds. The second kappa shape index (κ2) is 9.77. The average Bonchev–Trinajstić information content (AvgIpc) is 2.84. The third kappa shape index (κ3) is 4.98. The van der Waals surface area contributed by atoms with Crippen molar-refractivity contribution >= 4 is 34.6 Å². The minimum atomic E-state index is -2.38. The highest BCUT2D eigenvalue weighted by molar-refractivity contribution is 7.95. The lowest BCUT2D eigenvalue weighted by Crippen LogP contribution is -2.32. The smallest absolute Gasteiger partial charge is 0.258 e. The zero-order valence-corrected chi connectivity index (χ0v) is 20.7. The van der Waals surface area contributed by atoms with Crippen molar-refractivity contribution in [2.75, 3.05) is 0 Å². The topological polar surface area (TPSA) is 86.3 Å². The number of benzene rings is 4. The first kappa shape index (κ1) is 24.2. The van der Waals surface area contributed by atoms with Gasteiger partial charge in [-0.15, -0.1) is 0 Å². The summed E-state index contributed by atoms with van der Waals surface area (Å²) in [6.45, 7) is 6.10. The molecule has 0 unspecified atom stereocenters. The van der Waals surface area contributed by atoms with Gasteiger partial charge in [0.15, 0.2) is 0 Å². The van der Waals surface area contributed by atoms with Gasteiger partial charge in [-0.25, -0.2) is 0 Å². The van der Waals surface area contributed by atoms with Gasteiger partial charge in [0.25, 0.3) is 11.4 Å². The SMILES string of the molecule is Cc1ccc([P+](Cc2cc([N+](=O)[O-])cc([N+](=O)[O-])c2)(c2ccc(C)cc2)c2ccc(C)cc2)cc1. The number of nitro benzene ring substituents is 2. The van der Waals surface area contributed by atoms with Crippen LogP contribution in [0.2, 0.25) is 0 Å². The molecular weight excluding hydrogens is 459 g/mol. The minimum Gasteiger partial charge on any atom is -0.258 e. The molecule has 0 fully saturated rings. The molecule has 0 heterocycles. The van der Waals surface area contributed by atoms with Crippen LogP contribution in [0.4, 0.5) is 11.4 Å².